The summed E-state index contributed by atoms with van der Waals surface area (Å²) >= 11 is 0. The van der Waals surface area contributed by atoms with E-state index in [9.17, 15) is 9.59 Å². The molecule has 5 nitrogen and oxygen atoms in total. The van der Waals surface area contributed by atoms with Crippen LogP contribution in [0.2, 0.25) is 0 Å². The van der Waals surface area contributed by atoms with Crippen LogP contribution >= 0.6 is 0 Å². The minimum Gasteiger partial charge on any atom is -0.480 e. The van der Waals surface area contributed by atoms with Crippen LogP contribution in [0.3, 0.4) is 0 Å². The van der Waals surface area contributed by atoms with Crippen LogP contribution in [0, 0.1) is 5.41 Å². The van der Waals surface area contributed by atoms with Gasteiger partial charge < -0.3 is 14.9 Å². The van der Waals surface area contributed by atoms with Gasteiger partial charge in [0.05, 0.1) is 0 Å². The number of amides is 2. The number of carbonyl (C=O) groups is 2. The van der Waals surface area contributed by atoms with Crippen molar-refractivity contribution in [2.45, 2.75) is 33.6 Å². The van der Waals surface area contributed by atoms with E-state index >= 15 is 0 Å². The van der Waals surface area contributed by atoms with E-state index in [0.29, 0.717) is 13.1 Å². The molecule has 1 fully saturated rings. The lowest BCUT2D eigenvalue weighted by molar-refractivity contribution is -0.137. The Bertz CT molecular complexity index is 302. The maximum Gasteiger partial charge on any atom is 0.323 e. The van der Waals surface area contributed by atoms with Gasteiger partial charge >= 0.3 is 12.0 Å². The highest BCUT2D eigenvalue weighted by molar-refractivity contribution is 5.80. The monoisotopic (exact) mass is 242 g/mol. The van der Waals surface area contributed by atoms with Crippen LogP contribution in [0.5, 0.6) is 0 Å². The SMILES string of the molecule is CCCN(CC(=O)O)C(=O)N1CCC(C)(C)C1. The minimum atomic E-state index is -0.953. The average Bonchev–Trinajstić information content (AvgIpc) is 2.56. The summed E-state index contributed by atoms with van der Waals surface area (Å²) in [5.74, 6) is -0.953. The Labute approximate surface area is 102 Å². The van der Waals surface area contributed by atoms with E-state index in [2.05, 4.69) is 13.8 Å². The highest BCUT2D eigenvalue weighted by Crippen LogP contribution is 2.29. The van der Waals surface area contributed by atoms with E-state index in [4.69, 9.17) is 5.11 Å². The fraction of sp³-hybridized carbons (Fsp3) is 0.833. The van der Waals surface area contributed by atoms with Crippen molar-refractivity contribution in [2.75, 3.05) is 26.2 Å². The molecule has 1 N–H and O–H groups in total. The van der Waals surface area contributed by atoms with Crippen LogP contribution in [0.4, 0.5) is 4.79 Å². The van der Waals surface area contributed by atoms with E-state index in [0.717, 1.165) is 19.4 Å². The third kappa shape index (κ3) is 3.91. The van der Waals surface area contributed by atoms with E-state index in [-0.39, 0.29) is 18.0 Å². The van der Waals surface area contributed by atoms with Crippen molar-refractivity contribution in [2.24, 2.45) is 5.41 Å². The molecule has 0 aromatic carbocycles. The molecule has 1 aliphatic heterocycles. The average molecular weight is 242 g/mol. The fourth-order valence-corrected chi connectivity index (χ4v) is 2.15. The summed E-state index contributed by atoms with van der Waals surface area (Å²) in [6, 6.07) is -0.139. The van der Waals surface area contributed by atoms with Crippen molar-refractivity contribution < 1.29 is 14.7 Å². The third-order valence-electron chi connectivity index (χ3n) is 3.04. The van der Waals surface area contributed by atoms with Gasteiger partial charge in [-0.2, -0.15) is 0 Å². The van der Waals surface area contributed by atoms with Crippen LogP contribution in [0.1, 0.15) is 33.6 Å². The van der Waals surface area contributed by atoms with Crippen LogP contribution in [0.15, 0.2) is 0 Å². The Balaban J connectivity index is 2.62. The topological polar surface area (TPSA) is 60.9 Å². The van der Waals surface area contributed by atoms with Gasteiger partial charge in [-0.05, 0) is 18.3 Å². The van der Waals surface area contributed by atoms with Crippen molar-refractivity contribution >= 4 is 12.0 Å². The summed E-state index contributed by atoms with van der Waals surface area (Å²) in [5.41, 5.74) is 0.150. The Morgan fingerprint density at radius 3 is 2.47 bits per heavy atom. The van der Waals surface area contributed by atoms with Gasteiger partial charge in [0.25, 0.3) is 0 Å². The number of urea groups is 1. The second-order valence-corrected chi connectivity index (χ2v) is 5.43. The smallest absolute Gasteiger partial charge is 0.323 e. The van der Waals surface area contributed by atoms with E-state index in [1.54, 1.807) is 4.90 Å². The lowest BCUT2D eigenvalue weighted by atomic mass is 9.93. The van der Waals surface area contributed by atoms with Crippen molar-refractivity contribution in [1.29, 1.82) is 0 Å². The van der Waals surface area contributed by atoms with Gasteiger partial charge in [0.2, 0.25) is 0 Å². The summed E-state index contributed by atoms with van der Waals surface area (Å²) in [5, 5.41) is 8.79. The predicted octanol–water partition coefficient (Wildman–Crippen LogP) is 1.63. The standard InChI is InChI=1S/C12H22N2O3/c1-4-6-13(8-10(15)16)11(17)14-7-5-12(2,3)9-14/h4-9H2,1-3H3,(H,15,16). The number of likely N-dealkylation sites (tertiary alicyclic amines) is 1. The minimum absolute atomic E-state index is 0.139. The molecule has 0 spiro atoms. The lowest BCUT2D eigenvalue weighted by Crippen LogP contribution is -2.45. The molecule has 1 saturated heterocycles. The van der Waals surface area contributed by atoms with Crippen LogP contribution < -0.4 is 0 Å². The molecule has 98 valence electrons. The number of carboxylic acid groups (broad SMARTS) is 1. The molecule has 17 heavy (non-hydrogen) atoms. The third-order valence-corrected chi connectivity index (χ3v) is 3.04. The van der Waals surface area contributed by atoms with Crippen LogP contribution in [0.25, 0.3) is 0 Å². The quantitative estimate of drug-likeness (QED) is 0.815. The zero-order valence-corrected chi connectivity index (χ0v) is 10.9. The fourth-order valence-electron chi connectivity index (χ4n) is 2.15. The van der Waals surface area contributed by atoms with E-state index in [1.165, 1.54) is 4.90 Å². The Hall–Kier alpha value is -1.26. The molecule has 0 aromatic heterocycles. The molecule has 2 amide bonds. The van der Waals surface area contributed by atoms with Gasteiger partial charge in [-0.1, -0.05) is 20.8 Å². The molecular weight excluding hydrogens is 220 g/mol. The highest BCUT2D eigenvalue weighted by Gasteiger charge is 2.34. The first-order valence-corrected chi connectivity index (χ1v) is 6.11. The molecule has 0 atom stereocenters. The molecular formula is C12H22N2O3. The Kier molecular flexibility index (Phi) is 4.37. The van der Waals surface area contributed by atoms with Gasteiger partial charge in [0.1, 0.15) is 6.54 Å². The molecule has 0 unspecified atom stereocenters. The number of carbonyl (C=O) groups excluding carboxylic acids is 1. The summed E-state index contributed by atoms with van der Waals surface area (Å²) in [6.07, 6.45) is 1.75. The number of rotatable bonds is 4. The molecule has 0 aromatic rings. The molecule has 0 bridgehead atoms. The first-order valence-electron chi connectivity index (χ1n) is 6.11. The summed E-state index contributed by atoms with van der Waals surface area (Å²) in [7, 11) is 0. The highest BCUT2D eigenvalue weighted by atomic mass is 16.4. The zero-order chi connectivity index (χ0) is 13.1. The second kappa shape index (κ2) is 5.38. The van der Waals surface area contributed by atoms with Gasteiger partial charge in [-0.25, -0.2) is 4.79 Å². The molecule has 0 aliphatic carbocycles. The molecule has 1 rings (SSSR count). The van der Waals surface area contributed by atoms with E-state index < -0.39 is 5.97 Å². The molecule has 1 aliphatic rings. The van der Waals surface area contributed by atoms with Gasteiger partial charge in [-0.15, -0.1) is 0 Å². The summed E-state index contributed by atoms with van der Waals surface area (Å²) in [4.78, 5) is 26.0. The number of hydrogen-bond donors (Lipinski definition) is 1. The van der Waals surface area contributed by atoms with Crippen molar-refractivity contribution in [1.82, 2.24) is 9.80 Å². The first kappa shape index (κ1) is 13.8. The Morgan fingerprint density at radius 1 is 1.41 bits per heavy atom. The summed E-state index contributed by atoms with van der Waals surface area (Å²) < 4.78 is 0. The first-order chi connectivity index (χ1) is 7.85. The second-order valence-electron chi connectivity index (χ2n) is 5.43. The largest absolute Gasteiger partial charge is 0.480 e. The van der Waals surface area contributed by atoms with Gasteiger partial charge in [0.15, 0.2) is 0 Å². The number of nitrogens with zero attached hydrogens (tertiary/aromatic N) is 2. The zero-order valence-electron chi connectivity index (χ0n) is 10.9. The van der Waals surface area contributed by atoms with Crippen LogP contribution in [-0.4, -0.2) is 53.1 Å². The lowest BCUT2D eigenvalue weighted by Gasteiger charge is -2.27. The van der Waals surface area contributed by atoms with Crippen molar-refractivity contribution in [3.8, 4) is 0 Å². The Morgan fingerprint density at radius 2 is 2.06 bits per heavy atom. The summed E-state index contributed by atoms with van der Waals surface area (Å²) in [6.45, 7) is 7.93. The molecule has 0 saturated carbocycles. The predicted molar refractivity (Wildman–Crippen MR) is 64.9 cm³/mol. The maximum atomic E-state index is 12.1. The maximum absolute atomic E-state index is 12.1. The van der Waals surface area contributed by atoms with Crippen molar-refractivity contribution in [3.63, 3.8) is 0 Å². The molecule has 5 heteroatoms. The van der Waals surface area contributed by atoms with Gasteiger partial charge in [0, 0.05) is 19.6 Å². The van der Waals surface area contributed by atoms with Gasteiger partial charge in [-0.3, -0.25) is 4.79 Å². The van der Waals surface area contributed by atoms with Crippen molar-refractivity contribution in [3.05, 3.63) is 0 Å². The number of carboxylic acids is 1. The van der Waals surface area contributed by atoms with E-state index in [1.807, 2.05) is 6.92 Å². The number of hydrogen-bond acceptors (Lipinski definition) is 2. The molecule has 0 radical (unpaired) electrons. The normalized spacial score (nSPS) is 18.2. The van der Waals surface area contributed by atoms with Crippen LogP contribution in [-0.2, 0) is 4.79 Å². The number of aliphatic carboxylic acids is 1. The molecule has 1 heterocycles.